The minimum absolute atomic E-state index is 0.0523. The van der Waals surface area contributed by atoms with Gasteiger partial charge in [0.05, 0.1) is 18.9 Å². The Morgan fingerprint density at radius 2 is 1.81 bits per heavy atom. The van der Waals surface area contributed by atoms with Crippen LogP contribution in [0.5, 0.6) is 5.75 Å². The molecule has 5 heteroatoms. The van der Waals surface area contributed by atoms with Crippen LogP contribution >= 0.6 is 11.6 Å². The van der Waals surface area contributed by atoms with E-state index in [1.807, 2.05) is 37.3 Å². The highest BCUT2D eigenvalue weighted by molar-refractivity contribution is 6.30. The fourth-order valence-corrected chi connectivity index (χ4v) is 3.66. The van der Waals surface area contributed by atoms with Gasteiger partial charge in [0.2, 0.25) is 0 Å². The predicted octanol–water partition coefficient (Wildman–Crippen LogP) is 4.25. The van der Waals surface area contributed by atoms with E-state index in [9.17, 15) is 0 Å². The van der Waals surface area contributed by atoms with Crippen molar-refractivity contribution in [1.29, 1.82) is 0 Å². The molecule has 26 heavy (non-hydrogen) atoms. The standard InChI is InChI=1S/C21H27ClN2O2/c1-3-26-21(17-7-6-8-18(22)15-17)16-23-11-13-24(14-12-23)19-9-4-5-10-20(19)25-2/h4-10,15,21H,3,11-14,16H2,1-2H3. The Kier molecular flexibility index (Phi) is 6.78. The highest BCUT2D eigenvalue weighted by Gasteiger charge is 2.23. The number of benzene rings is 2. The molecular formula is C21H27ClN2O2. The van der Waals surface area contributed by atoms with Gasteiger partial charge < -0.3 is 14.4 Å². The topological polar surface area (TPSA) is 24.9 Å². The third kappa shape index (κ3) is 4.70. The van der Waals surface area contributed by atoms with Crippen LogP contribution in [0.4, 0.5) is 5.69 Å². The summed E-state index contributed by atoms with van der Waals surface area (Å²) in [7, 11) is 1.73. The van der Waals surface area contributed by atoms with E-state index >= 15 is 0 Å². The lowest BCUT2D eigenvalue weighted by atomic mass is 10.1. The van der Waals surface area contributed by atoms with Gasteiger partial charge in [0.15, 0.2) is 0 Å². The number of nitrogens with zero attached hydrogens (tertiary/aromatic N) is 2. The van der Waals surface area contributed by atoms with Gasteiger partial charge in [-0.05, 0) is 36.8 Å². The summed E-state index contributed by atoms with van der Waals surface area (Å²) in [6, 6.07) is 16.2. The largest absolute Gasteiger partial charge is 0.495 e. The van der Waals surface area contributed by atoms with Gasteiger partial charge in [0, 0.05) is 44.4 Å². The summed E-state index contributed by atoms with van der Waals surface area (Å²) in [4.78, 5) is 4.86. The number of ether oxygens (including phenoxy) is 2. The van der Waals surface area contributed by atoms with Gasteiger partial charge in [0.25, 0.3) is 0 Å². The van der Waals surface area contributed by atoms with E-state index in [0.29, 0.717) is 6.61 Å². The highest BCUT2D eigenvalue weighted by atomic mass is 35.5. The monoisotopic (exact) mass is 374 g/mol. The fourth-order valence-electron chi connectivity index (χ4n) is 3.46. The second-order valence-electron chi connectivity index (χ2n) is 6.46. The molecule has 0 radical (unpaired) electrons. The molecule has 0 aromatic heterocycles. The zero-order valence-corrected chi connectivity index (χ0v) is 16.3. The van der Waals surface area contributed by atoms with E-state index in [0.717, 1.165) is 49.1 Å². The first-order valence-electron chi connectivity index (χ1n) is 9.18. The summed E-state index contributed by atoms with van der Waals surface area (Å²) in [5, 5.41) is 0.758. The SMILES string of the molecule is CCOC(CN1CCN(c2ccccc2OC)CC1)c1cccc(Cl)c1. The number of rotatable bonds is 7. The summed E-state index contributed by atoms with van der Waals surface area (Å²) in [5.41, 5.74) is 2.32. The van der Waals surface area contributed by atoms with E-state index < -0.39 is 0 Å². The molecular weight excluding hydrogens is 348 g/mol. The van der Waals surface area contributed by atoms with E-state index in [-0.39, 0.29) is 6.10 Å². The van der Waals surface area contributed by atoms with Crippen LogP contribution in [0.25, 0.3) is 0 Å². The number of para-hydroxylation sites is 2. The van der Waals surface area contributed by atoms with Gasteiger partial charge in [0.1, 0.15) is 5.75 Å². The van der Waals surface area contributed by atoms with Crippen molar-refractivity contribution in [3.8, 4) is 5.75 Å². The summed E-state index contributed by atoms with van der Waals surface area (Å²) >= 11 is 6.16. The lowest BCUT2D eigenvalue weighted by molar-refractivity contribution is 0.0311. The molecule has 1 unspecified atom stereocenters. The van der Waals surface area contributed by atoms with Crippen molar-refractivity contribution in [3.05, 3.63) is 59.1 Å². The molecule has 0 N–H and O–H groups in total. The van der Waals surface area contributed by atoms with Crippen LogP contribution in [0.3, 0.4) is 0 Å². The molecule has 0 bridgehead atoms. The first-order valence-corrected chi connectivity index (χ1v) is 9.56. The maximum absolute atomic E-state index is 6.16. The van der Waals surface area contributed by atoms with E-state index in [2.05, 4.69) is 28.0 Å². The van der Waals surface area contributed by atoms with E-state index in [4.69, 9.17) is 21.1 Å². The van der Waals surface area contributed by atoms with Gasteiger partial charge in [-0.25, -0.2) is 0 Å². The number of anilines is 1. The zero-order valence-electron chi connectivity index (χ0n) is 15.5. The smallest absolute Gasteiger partial charge is 0.142 e. The minimum Gasteiger partial charge on any atom is -0.495 e. The first kappa shape index (κ1) is 19.0. The Morgan fingerprint density at radius 1 is 1.04 bits per heavy atom. The van der Waals surface area contributed by atoms with Crippen molar-refractivity contribution < 1.29 is 9.47 Å². The predicted molar refractivity (Wildman–Crippen MR) is 107 cm³/mol. The Bertz CT molecular complexity index is 702. The third-order valence-electron chi connectivity index (χ3n) is 4.81. The van der Waals surface area contributed by atoms with E-state index in [1.165, 1.54) is 5.69 Å². The quantitative estimate of drug-likeness (QED) is 0.723. The summed E-state index contributed by atoms with van der Waals surface area (Å²) in [6.45, 7) is 7.58. The van der Waals surface area contributed by atoms with Gasteiger partial charge in [-0.2, -0.15) is 0 Å². The van der Waals surface area contributed by atoms with Crippen molar-refractivity contribution in [2.45, 2.75) is 13.0 Å². The summed E-state index contributed by atoms with van der Waals surface area (Å²) < 4.78 is 11.5. The van der Waals surface area contributed by atoms with Crippen LogP contribution in [0, 0.1) is 0 Å². The van der Waals surface area contributed by atoms with Crippen LogP contribution in [0.15, 0.2) is 48.5 Å². The van der Waals surface area contributed by atoms with E-state index in [1.54, 1.807) is 7.11 Å². The molecule has 1 aliphatic heterocycles. The molecule has 0 spiro atoms. The molecule has 0 saturated carbocycles. The first-order chi connectivity index (χ1) is 12.7. The molecule has 3 rings (SSSR count). The van der Waals surface area contributed by atoms with Crippen LogP contribution in [-0.2, 0) is 4.74 Å². The Balaban J connectivity index is 1.61. The molecule has 2 aromatic carbocycles. The molecule has 1 aliphatic rings. The molecule has 4 nitrogen and oxygen atoms in total. The van der Waals surface area contributed by atoms with Crippen molar-refractivity contribution >= 4 is 17.3 Å². The van der Waals surface area contributed by atoms with Crippen molar-refractivity contribution in [2.75, 3.05) is 51.3 Å². The molecule has 1 saturated heterocycles. The lowest BCUT2D eigenvalue weighted by Crippen LogP contribution is -2.47. The van der Waals surface area contributed by atoms with Crippen LogP contribution in [0.2, 0.25) is 5.02 Å². The third-order valence-corrected chi connectivity index (χ3v) is 5.05. The maximum atomic E-state index is 6.16. The van der Waals surface area contributed by atoms with Crippen LogP contribution in [0.1, 0.15) is 18.6 Å². The normalized spacial score (nSPS) is 16.5. The van der Waals surface area contributed by atoms with Crippen LogP contribution in [-0.4, -0.2) is 51.3 Å². The zero-order chi connectivity index (χ0) is 18.4. The second kappa shape index (κ2) is 9.26. The number of hydrogen-bond acceptors (Lipinski definition) is 4. The number of hydrogen-bond donors (Lipinski definition) is 0. The summed E-state index contributed by atoms with van der Waals surface area (Å²) in [6.07, 6.45) is 0.0523. The molecule has 1 heterocycles. The Morgan fingerprint density at radius 3 is 2.50 bits per heavy atom. The number of halogens is 1. The molecule has 0 aliphatic carbocycles. The Labute approximate surface area is 161 Å². The second-order valence-corrected chi connectivity index (χ2v) is 6.89. The molecule has 0 amide bonds. The minimum atomic E-state index is 0.0523. The van der Waals surface area contributed by atoms with Crippen LogP contribution < -0.4 is 9.64 Å². The number of methoxy groups -OCH3 is 1. The Hall–Kier alpha value is -1.75. The average Bonchev–Trinajstić information content (AvgIpc) is 2.68. The number of piperazine rings is 1. The molecule has 140 valence electrons. The van der Waals surface area contributed by atoms with Gasteiger partial charge >= 0.3 is 0 Å². The van der Waals surface area contributed by atoms with Crippen molar-refractivity contribution in [3.63, 3.8) is 0 Å². The summed E-state index contributed by atoms with van der Waals surface area (Å²) in [5.74, 6) is 0.937. The molecule has 2 aromatic rings. The van der Waals surface area contributed by atoms with Gasteiger partial charge in [-0.1, -0.05) is 35.9 Å². The molecule has 1 fully saturated rings. The van der Waals surface area contributed by atoms with Gasteiger partial charge in [-0.3, -0.25) is 4.90 Å². The highest BCUT2D eigenvalue weighted by Crippen LogP contribution is 2.29. The van der Waals surface area contributed by atoms with Gasteiger partial charge in [-0.15, -0.1) is 0 Å². The van der Waals surface area contributed by atoms with Crippen molar-refractivity contribution in [2.24, 2.45) is 0 Å². The maximum Gasteiger partial charge on any atom is 0.142 e. The lowest BCUT2D eigenvalue weighted by Gasteiger charge is -2.38. The van der Waals surface area contributed by atoms with Crippen molar-refractivity contribution in [1.82, 2.24) is 4.90 Å². The fraction of sp³-hybridized carbons (Fsp3) is 0.429. The average molecular weight is 375 g/mol. The molecule has 1 atom stereocenters.